The van der Waals surface area contributed by atoms with Crippen molar-refractivity contribution in [3.8, 4) is 0 Å². The summed E-state index contributed by atoms with van der Waals surface area (Å²) in [4.78, 5) is 0. The third-order valence-corrected chi connectivity index (χ3v) is 1.84. The maximum absolute atomic E-state index is 5.24. The van der Waals surface area contributed by atoms with E-state index in [1.165, 1.54) is 0 Å². The van der Waals surface area contributed by atoms with E-state index >= 15 is 0 Å². The highest BCUT2D eigenvalue weighted by Gasteiger charge is 2.08. The Morgan fingerprint density at radius 2 is 2.33 bits per heavy atom. The Bertz CT molecular complexity index is 228. The van der Waals surface area contributed by atoms with Gasteiger partial charge in [0.05, 0.1) is 12.3 Å². The average Bonchev–Trinajstić information content (AvgIpc) is 2.56. The van der Waals surface area contributed by atoms with E-state index in [0.29, 0.717) is 6.04 Å². The van der Waals surface area contributed by atoms with Crippen LogP contribution in [0, 0.1) is 0 Å². The predicted molar refractivity (Wildman–Crippen MR) is 49.9 cm³/mol. The molecule has 1 rings (SSSR count). The van der Waals surface area contributed by atoms with Crippen LogP contribution in [0.25, 0.3) is 0 Å². The van der Waals surface area contributed by atoms with Gasteiger partial charge >= 0.3 is 0 Å². The van der Waals surface area contributed by atoms with Crippen molar-refractivity contribution in [1.29, 1.82) is 0 Å². The summed E-state index contributed by atoms with van der Waals surface area (Å²) in [5, 5.41) is 3.32. The van der Waals surface area contributed by atoms with Gasteiger partial charge in [-0.3, -0.25) is 0 Å². The summed E-state index contributed by atoms with van der Waals surface area (Å²) >= 11 is 0. The molecule has 0 aliphatic carbocycles. The molecular formula is C10H15NO. The van der Waals surface area contributed by atoms with E-state index in [0.717, 1.165) is 5.76 Å². The van der Waals surface area contributed by atoms with Gasteiger partial charge in [0, 0.05) is 6.04 Å². The maximum atomic E-state index is 5.24. The molecule has 1 unspecified atom stereocenters. The highest BCUT2D eigenvalue weighted by atomic mass is 16.3. The van der Waals surface area contributed by atoms with Crippen LogP contribution in [0.5, 0.6) is 0 Å². The molecule has 0 saturated heterocycles. The van der Waals surface area contributed by atoms with Crippen LogP contribution in [0.15, 0.2) is 35.5 Å². The van der Waals surface area contributed by atoms with Gasteiger partial charge < -0.3 is 9.73 Å². The number of hydrogen-bond donors (Lipinski definition) is 1. The smallest absolute Gasteiger partial charge is 0.120 e. The summed E-state index contributed by atoms with van der Waals surface area (Å²) in [6, 6.07) is 4.41. The molecule has 0 saturated carbocycles. The monoisotopic (exact) mass is 165 g/mol. The lowest BCUT2D eigenvalue weighted by Gasteiger charge is -2.14. The molecule has 0 amide bonds. The van der Waals surface area contributed by atoms with Gasteiger partial charge in [-0.05, 0) is 26.0 Å². The summed E-state index contributed by atoms with van der Waals surface area (Å²) < 4.78 is 5.24. The second kappa shape index (κ2) is 4.12. The normalized spacial score (nSPS) is 15.5. The molecule has 0 spiro atoms. The molecule has 0 bridgehead atoms. The first-order chi connectivity index (χ1) is 5.74. The Kier molecular flexibility index (Phi) is 3.11. The fourth-order valence-electron chi connectivity index (χ4n) is 1.08. The Morgan fingerprint density at radius 1 is 1.58 bits per heavy atom. The molecule has 1 heterocycles. The van der Waals surface area contributed by atoms with Crippen LogP contribution in [-0.4, -0.2) is 6.04 Å². The van der Waals surface area contributed by atoms with Gasteiger partial charge in [0.15, 0.2) is 0 Å². The molecule has 0 aliphatic rings. The largest absolute Gasteiger partial charge is 0.468 e. The summed E-state index contributed by atoms with van der Waals surface area (Å²) in [5.41, 5.74) is 0. The van der Waals surface area contributed by atoms with E-state index in [2.05, 4.69) is 25.7 Å². The van der Waals surface area contributed by atoms with Gasteiger partial charge in [0.2, 0.25) is 0 Å². The Labute approximate surface area is 73.3 Å². The Hall–Kier alpha value is -1.02. The number of rotatable bonds is 4. The lowest BCUT2D eigenvalue weighted by atomic mass is 10.2. The summed E-state index contributed by atoms with van der Waals surface area (Å²) in [5.74, 6) is 0.962. The second-order valence-electron chi connectivity index (χ2n) is 2.93. The molecule has 1 aromatic heterocycles. The number of hydrogen-bond acceptors (Lipinski definition) is 2. The SMILES string of the molecule is C=CC(C)N[C@H](C)c1ccco1. The van der Waals surface area contributed by atoms with Gasteiger partial charge in [0.1, 0.15) is 5.76 Å². The lowest BCUT2D eigenvalue weighted by Crippen LogP contribution is -2.26. The van der Waals surface area contributed by atoms with Crippen molar-refractivity contribution in [3.05, 3.63) is 36.8 Å². The third-order valence-electron chi connectivity index (χ3n) is 1.84. The van der Waals surface area contributed by atoms with E-state index in [4.69, 9.17) is 4.42 Å². The summed E-state index contributed by atoms with van der Waals surface area (Å²) in [7, 11) is 0. The van der Waals surface area contributed by atoms with Crippen LogP contribution in [0.2, 0.25) is 0 Å². The molecule has 0 fully saturated rings. The van der Waals surface area contributed by atoms with Crippen LogP contribution in [0.3, 0.4) is 0 Å². The first-order valence-electron chi connectivity index (χ1n) is 4.16. The first kappa shape index (κ1) is 9.07. The van der Waals surface area contributed by atoms with E-state index in [-0.39, 0.29) is 6.04 Å². The van der Waals surface area contributed by atoms with E-state index < -0.39 is 0 Å². The van der Waals surface area contributed by atoms with Crippen LogP contribution in [0.4, 0.5) is 0 Å². The van der Waals surface area contributed by atoms with Crippen LogP contribution in [-0.2, 0) is 0 Å². The molecular weight excluding hydrogens is 150 g/mol. The third kappa shape index (κ3) is 2.24. The van der Waals surface area contributed by atoms with Gasteiger partial charge in [0.25, 0.3) is 0 Å². The van der Waals surface area contributed by atoms with Crippen LogP contribution < -0.4 is 5.32 Å². The zero-order valence-electron chi connectivity index (χ0n) is 7.58. The first-order valence-corrected chi connectivity index (χ1v) is 4.16. The van der Waals surface area contributed by atoms with Gasteiger partial charge in [-0.25, -0.2) is 0 Å². The molecule has 66 valence electrons. The molecule has 0 aromatic carbocycles. The quantitative estimate of drug-likeness (QED) is 0.693. The van der Waals surface area contributed by atoms with Crippen LogP contribution >= 0.6 is 0 Å². The molecule has 2 atom stereocenters. The minimum Gasteiger partial charge on any atom is -0.468 e. The lowest BCUT2D eigenvalue weighted by molar-refractivity contribution is 0.419. The summed E-state index contributed by atoms with van der Waals surface area (Å²) in [6.07, 6.45) is 3.56. The highest BCUT2D eigenvalue weighted by molar-refractivity contribution is 5.04. The number of nitrogens with one attached hydrogen (secondary N) is 1. The fourth-order valence-corrected chi connectivity index (χ4v) is 1.08. The van der Waals surface area contributed by atoms with Crippen molar-refractivity contribution in [2.45, 2.75) is 25.9 Å². The molecule has 2 heteroatoms. The van der Waals surface area contributed by atoms with Crippen LogP contribution in [0.1, 0.15) is 25.6 Å². The molecule has 1 aromatic rings. The van der Waals surface area contributed by atoms with Gasteiger partial charge in [-0.15, -0.1) is 6.58 Å². The van der Waals surface area contributed by atoms with Gasteiger partial charge in [-0.1, -0.05) is 6.08 Å². The van der Waals surface area contributed by atoms with Crippen molar-refractivity contribution in [3.63, 3.8) is 0 Å². The van der Waals surface area contributed by atoms with E-state index in [9.17, 15) is 0 Å². The molecule has 1 N–H and O–H groups in total. The minimum atomic E-state index is 0.244. The van der Waals surface area contributed by atoms with Gasteiger partial charge in [-0.2, -0.15) is 0 Å². The topological polar surface area (TPSA) is 25.2 Å². The average molecular weight is 165 g/mol. The standard InChI is InChI=1S/C10H15NO/c1-4-8(2)11-9(3)10-6-5-7-12-10/h4-9,11H,1H2,2-3H3/t8?,9-/m1/s1. The van der Waals surface area contributed by atoms with Crippen molar-refractivity contribution in [1.82, 2.24) is 5.32 Å². The Balaban J connectivity index is 2.49. The van der Waals surface area contributed by atoms with Crippen molar-refractivity contribution >= 4 is 0 Å². The Morgan fingerprint density at radius 3 is 2.83 bits per heavy atom. The molecule has 0 radical (unpaired) electrons. The zero-order valence-corrected chi connectivity index (χ0v) is 7.58. The van der Waals surface area contributed by atoms with Crippen molar-refractivity contribution in [2.75, 3.05) is 0 Å². The molecule has 12 heavy (non-hydrogen) atoms. The second-order valence-corrected chi connectivity index (χ2v) is 2.93. The predicted octanol–water partition coefficient (Wildman–Crippen LogP) is 2.50. The van der Waals surface area contributed by atoms with Crippen molar-refractivity contribution in [2.24, 2.45) is 0 Å². The van der Waals surface area contributed by atoms with E-state index in [1.54, 1.807) is 6.26 Å². The zero-order chi connectivity index (χ0) is 8.97. The fraction of sp³-hybridized carbons (Fsp3) is 0.400. The number of furan rings is 1. The van der Waals surface area contributed by atoms with Crippen molar-refractivity contribution < 1.29 is 4.42 Å². The maximum Gasteiger partial charge on any atom is 0.120 e. The molecule has 0 aliphatic heterocycles. The van der Waals surface area contributed by atoms with E-state index in [1.807, 2.05) is 18.2 Å². The minimum absolute atomic E-state index is 0.244. The summed E-state index contributed by atoms with van der Waals surface area (Å²) in [6.45, 7) is 7.83. The highest BCUT2D eigenvalue weighted by Crippen LogP contribution is 2.12. The molecule has 2 nitrogen and oxygen atoms in total.